The number of hydrogen-bond donors (Lipinski definition) is 0. The van der Waals surface area contributed by atoms with Crippen molar-refractivity contribution in [3.8, 4) is 0 Å². The molecular formula is C21H22N2O4. The maximum atomic E-state index is 12.7. The molecule has 0 bridgehead atoms. The third-order valence-electron chi connectivity index (χ3n) is 4.93. The van der Waals surface area contributed by atoms with E-state index in [2.05, 4.69) is 6.07 Å². The number of hydrogen-bond acceptors (Lipinski definition) is 4. The average Bonchev–Trinajstić information content (AvgIpc) is 3.34. The molecule has 27 heavy (non-hydrogen) atoms. The first kappa shape index (κ1) is 17.5. The van der Waals surface area contributed by atoms with Crippen molar-refractivity contribution in [2.24, 2.45) is 0 Å². The lowest BCUT2D eigenvalue weighted by atomic mass is 10.1. The second-order valence-electron chi connectivity index (χ2n) is 6.79. The van der Waals surface area contributed by atoms with Crippen molar-refractivity contribution >= 4 is 17.7 Å². The van der Waals surface area contributed by atoms with Gasteiger partial charge in [-0.25, -0.2) is 4.79 Å². The summed E-state index contributed by atoms with van der Waals surface area (Å²) in [4.78, 5) is 32.3. The number of benzene rings is 2. The highest BCUT2D eigenvalue weighted by atomic mass is 16.7. The molecule has 2 aromatic carbocycles. The molecular weight excluding hydrogens is 344 g/mol. The molecule has 1 atom stereocenters. The number of fused-ring (bicyclic) bond motifs is 1. The van der Waals surface area contributed by atoms with Crippen LogP contribution in [0, 0.1) is 0 Å². The van der Waals surface area contributed by atoms with Crippen molar-refractivity contribution in [3.63, 3.8) is 0 Å². The molecule has 0 saturated carbocycles. The minimum Gasteiger partial charge on any atom is -0.443 e. The first-order chi connectivity index (χ1) is 13.2. The van der Waals surface area contributed by atoms with Gasteiger partial charge in [0.1, 0.15) is 6.61 Å². The van der Waals surface area contributed by atoms with E-state index in [9.17, 15) is 9.59 Å². The van der Waals surface area contributed by atoms with Gasteiger partial charge in [0.05, 0.1) is 19.1 Å². The number of rotatable bonds is 4. The van der Waals surface area contributed by atoms with Gasteiger partial charge in [-0.3, -0.25) is 9.63 Å². The Labute approximate surface area is 158 Å². The van der Waals surface area contributed by atoms with Crippen LogP contribution in [-0.2, 0) is 27.4 Å². The van der Waals surface area contributed by atoms with E-state index in [-0.39, 0.29) is 25.0 Å². The zero-order chi connectivity index (χ0) is 18.6. The number of anilines is 1. The number of carbonyl (C=O) groups excluding carboxylic acids is 2. The van der Waals surface area contributed by atoms with Crippen LogP contribution in [-0.4, -0.2) is 36.3 Å². The molecule has 0 N–H and O–H groups in total. The zero-order valence-electron chi connectivity index (χ0n) is 15.0. The van der Waals surface area contributed by atoms with Crippen LogP contribution in [0.5, 0.6) is 0 Å². The summed E-state index contributed by atoms with van der Waals surface area (Å²) in [7, 11) is 0. The van der Waals surface area contributed by atoms with Crippen LogP contribution >= 0.6 is 0 Å². The minimum absolute atomic E-state index is 0.0319. The van der Waals surface area contributed by atoms with Crippen molar-refractivity contribution in [1.82, 2.24) is 5.06 Å². The molecule has 2 heterocycles. The summed E-state index contributed by atoms with van der Waals surface area (Å²) >= 11 is 0. The Balaban J connectivity index is 1.27. The summed E-state index contributed by atoms with van der Waals surface area (Å²) in [6.45, 7) is 1.34. The highest BCUT2D eigenvalue weighted by Gasteiger charge is 2.33. The molecule has 2 aliphatic heterocycles. The molecule has 1 unspecified atom stereocenters. The first-order valence-electron chi connectivity index (χ1n) is 9.24. The number of para-hydroxylation sites is 1. The lowest BCUT2D eigenvalue weighted by molar-refractivity contribution is -0.139. The number of carbonyl (C=O) groups is 2. The predicted molar refractivity (Wildman–Crippen MR) is 99.9 cm³/mol. The van der Waals surface area contributed by atoms with Crippen molar-refractivity contribution in [1.29, 1.82) is 0 Å². The third kappa shape index (κ3) is 3.95. The van der Waals surface area contributed by atoms with E-state index in [1.165, 1.54) is 10.6 Å². The highest BCUT2D eigenvalue weighted by molar-refractivity contribution is 5.95. The van der Waals surface area contributed by atoms with Gasteiger partial charge in [0.25, 0.3) is 0 Å². The Morgan fingerprint density at radius 1 is 1.04 bits per heavy atom. The Morgan fingerprint density at radius 2 is 1.81 bits per heavy atom. The maximum absolute atomic E-state index is 12.7. The lowest BCUT2D eigenvalue weighted by Crippen LogP contribution is -2.33. The summed E-state index contributed by atoms with van der Waals surface area (Å²) in [5.41, 5.74) is 3.11. The molecule has 4 rings (SSSR count). The van der Waals surface area contributed by atoms with Crippen molar-refractivity contribution in [2.75, 3.05) is 18.0 Å². The van der Waals surface area contributed by atoms with E-state index in [0.717, 1.165) is 17.7 Å². The van der Waals surface area contributed by atoms with Gasteiger partial charge < -0.3 is 9.64 Å². The highest BCUT2D eigenvalue weighted by Crippen LogP contribution is 2.29. The molecule has 2 amide bonds. The molecule has 2 aliphatic rings. The Kier molecular flexibility index (Phi) is 5.07. The van der Waals surface area contributed by atoms with Crippen molar-refractivity contribution in [2.45, 2.75) is 32.0 Å². The smallest absolute Gasteiger partial charge is 0.434 e. The summed E-state index contributed by atoms with van der Waals surface area (Å²) in [5, 5.41) is 1.22. The summed E-state index contributed by atoms with van der Waals surface area (Å²) in [5.74, 6) is 0.0319. The molecule has 6 nitrogen and oxygen atoms in total. The maximum Gasteiger partial charge on any atom is 0.434 e. The molecule has 1 fully saturated rings. The van der Waals surface area contributed by atoms with E-state index >= 15 is 0 Å². The molecule has 6 heteroatoms. The van der Waals surface area contributed by atoms with Crippen LogP contribution in [0.3, 0.4) is 0 Å². The van der Waals surface area contributed by atoms with E-state index in [4.69, 9.17) is 9.57 Å². The lowest BCUT2D eigenvalue weighted by Gasteiger charge is -2.20. The van der Waals surface area contributed by atoms with Gasteiger partial charge in [0.15, 0.2) is 0 Å². The number of nitrogens with zero attached hydrogens (tertiary/aromatic N) is 2. The second-order valence-corrected chi connectivity index (χ2v) is 6.79. The molecule has 0 spiro atoms. The molecule has 0 aromatic heterocycles. The third-order valence-corrected chi connectivity index (χ3v) is 4.93. The van der Waals surface area contributed by atoms with Gasteiger partial charge in [-0.2, -0.15) is 5.06 Å². The fraction of sp³-hybridized carbons (Fsp3) is 0.333. The summed E-state index contributed by atoms with van der Waals surface area (Å²) in [6, 6.07) is 17.5. The van der Waals surface area contributed by atoms with Gasteiger partial charge in [0, 0.05) is 12.2 Å². The van der Waals surface area contributed by atoms with Crippen LogP contribution in [0.15, 0.2) is 54.6 Å². The minimum atomic E-state index is -0.514. The summed E-state index contributed by atoms with van der Waals surface area (Å²) in [6.07, 6.45) is 0.957. The normalized spacial score (nSPS) is 18.4. The van der Waals surface area contributed by atoms with Crippen LogP contribution in [0.25, 0.3) is 0 Å². The van der Waals surface area contributed by atoms with Crippen molar-refractivity contribution in [3.05, 3.63) is 65.7 Å². The second kappa shape index (κ2) is 7.80. The van der Waals surface area contributed by atoms with E-state index in [1.54, 1.807) is 0 Å². The standard InChI is InChI=1S/C21H22N2O4/c24-20(22-12-10-17-8-4-5-9-19(17)22)14-18-11-13-23(27-18)21(25)26-15-16-6-2-1-3-7-16/h1-9,18H,10-15H2. The molecule has 0 aliphatic carbocycles. The number of hydroxylamine groups is 2. The largest absolute Gasteiger partial charge is 0.443 e. The predicted octanol–water partition coefficient (Wildman–Crippen LogP) is 3.31. The topological polar surface area (TPSA) is 59.1 Å². The SMILES string of the molecule is O=C(OCc1ccccc1)N1CCC(CC(=O)N2CCc3ccccc32)O1. The van der Waals surface area contributed by atoms with Crippen LogP contribution < -0.4 is 4.90 Å². The van der Waals surface area contributed by atoms with E-state index in [1.807, 2.05) is 53.4 Å². The Hall–Kier alpha value is -2.86. The van der Waals surface area contributed by atoms with Gasteiger partial charge in [-0.05, 0) is 30.0 Å². The zero-order valence-corrected chi connectivity index (χ0v) is 15.0. The number of amides is 2. The Bertz CT molecular complexity index is 824. The summed E-state index contributed by atoms with van der Waals surface area (Å²) < 4.78 is 5.28. The van der Waals surface area contributed by atoms with Gasteiger partial charge in [-0.1, -0.05) is 48.5 Å². The Morgan fingerprint density at radius 3 is 2.67 bits per heavy atom. The van der Waals surface area contributed by atoms with Crippen molar-refractivity contribution < 1.29 is 19.2 Å². The molecule has 0 radical (unpaired) electrons. The van der Waals surface area contributed by atoms with Gasteiger partial charge >= 0.3 is 6.09 Å². The fourth-order valence-corrected chi connectivity index (χ4v) is 3.51. The van der Waals surface area contributed by atoms with Gasteiger partial charge in [0.2, 0.25) is 5.91 Å². The quantitative estimate of drug-likeness (QED) is 0.833. The van der Waals surface area contributed by atoms with Crippen LogP contribution in [0.2, 0.25) is 0 Å². The monoisotopic (exact) mass is 366 g/mol. The molecule has 140 valence electrons. The molecule has 2 aromatic rings. The van der Waals surface area contributed by atoms with E-state index < -0.39 is 6.09 Å². The first-order valence-corrected chi connectivity index (χ1v) is 9.24. The average molecular weight is 366 g/mol. The van der Waals surface area contributed by atoms with Gasteiger partial charge in [-0.15, -0.1) is 0 Å². The van der Waals surface area contributed by atoms with Crippen LogP contribution in [0.4, 0.5) is 10.5 Å². The molecule has 1 saturated heterocycles. The number of ether oxygens (including phenoxy) is 1. The van der Waals surface area contributed by atoms with Crippen LogP contribution in [0.1, 0.15) is 24.0 Å². The van der Waals surface area contributed by atoms with E-state index in [0.29, 0.717) is 19.5 Å². The fourth-order valence-electron chi connectivity index (χ4n) is 3.51.